The second-order valence-electron chi connectivity index (χ2n) is 4.97. The highest BCUT2D eigenvalue weighted by molar-refractivity contribution is 4.75. The maximum absolute atomic E-state index is 5.73. The first-order chi connectivity index (χ1) is 7.38. The van der Waals surface area contributed by atoms with Crippen molar-refractivity contribution in [1.29, 1.82) is 0 Å². The molecule has 0 aromatic carbocycles. The van der Waals surface area contributed by atoms with Crippen molar-refractivity contribution in [3.8, 4) is 0 Å². The smallest absolute Gasteiger partial charge is 0.0588 e. The Balaban J connectivity index is 1.65. The Morgan fingerprint density at radius 3 is 2.93 bits per heavy atom. The summed E-state index contributed by atoms with van der Waals surface area (Å²) >= 11 is 0. The van der Waals surface area contributed by atoms with Gasteiger partial charge in [0.1, 0.15) is 0 Å². The van der Waals surface area contributed by atoms with Crippen molar-refractivity contribution < 1.29 is 4.74 Å². The number of ether oxygens (including phenoxy) is 1. The Morgan fingerprint density at radius 1 is 1.27 bits per heavy atom. The fourth-order valence-corrected chi connectivity index (χ4v) is 2.75. The molecule has 2 atom stereocenters. The summed E-state index contributed by atoms with van der Waals surface area (Å²) in [6, 6.07) is 0. The molecule has 0 aromatic rings. The fourth-order valence-electron chi connectivity index (χ4n) is 2.75. The van der Waals surface area contributed by atoms with E-state index < -0.39 is 0 Å². The topological polar surface area (TPSA) is 38.5 Å². The monoisotopic (exact) mass is 212 g/mol. The van der Waals surface area contributed by atoms with Crippen LogP contribution in [0.1, 0.15) is 32.1 Å². The standard InChI is InChI=1S/C12H24N2O/c13-9-11-3-1-6-14(10-11)7-5-12-4-2-8-15-12/h11-12H,1-10,13H2. The lowest BCUT2D eigenvalue weighted by atomic mass is 9.98. The second kappa shape index (κ2) is 5.83. The molecule has 0 spiro atoms. The first kappa shape index (κ1) is 11.4. The van der Waals surface area contributed by atoms with Crippen LogP contribution in [0.4, 0.5) is 0 Å². The SMILES string of the molecule is NCC1CCCN(CCC2CCCO2)C1. The molecule has 2 rings (SSSR count). The normalized spacial score (nSPS) is 33.4. The lowest BCUT2D eigenvalue weighted by Gasteiger charge is -2.32. The number of nitrogens with two attached hydrogens (primary N) is 1. The minimum Gasteiger partial charge on any atom is -0.378 e. The summed E-state index contributed by atoms with van der Waals surface area (Å²) in [5.41, 5.74) is 5.73. The van der Waals surface area contributed by atoms with E-state index in [1.54, 1.807) is 0 Å². The summed E-state index contributed by atoms with van der Waals surface area (Å²) in [7, 11) is 0. The van der Waals surface area contributed by atoms with E-state index in [1.165, 1.54) is 51.7 Å². The van der Waals surface area contributed by atoms with Crippen LogP contribution in [0.15, 0.2) is 0 Å². The molecule has 88 valence electrons. The van der Waals surface area contributed by atoms with Crippen molar-refractivity contribution in [2.75, 3.05) is 32.8 Å². The Kier molecular flexibility index (Phi) is 4.42. The van der Waals surface area contributed by atoms with Crippen LogP contribution in [0.2, 0.25) is 0 Å². The summed E-state index contributed by atoms with van der Waals surface area (Å²) in [6.07, 6.45) is 6.95. The molecular formula is C12H24N2O. The van der Waals surface area contributed by atoms with Crippen LogP contribution < -0.4 is 5.73 Å². The number of rotatable bonds is 4. The van der Waals surface area contributed by atoms with Crippen molar-refractivity contribution in [2.45, 2.75) is 38.2 Å². The molecule has 3 heteroatoms. The highest BCUT2D eigenvalue weighted by atomic mass is 16.5. The second-order valence-corrected chi connectivity index (χ2v) is 4.97. The van der Waals surface area contributed by atoms with Gasteiger partial charge in [-0.3, -0.25) is 0 Å². The minimum absolute atomic E-state index is 0.545. The Bertz CT molecular complexity index is 180. The molecule has 2 unspecified atom stereocenters. The van der Waals surface area contributed by atoms with Crippen LogP contribution >= 0.6 is 0 Å². The summed E-state index contributed by atoms with van der Waals surface area (Å²) < 4.78 is 5.65. The first-order valence-corrected chi connectivity index (χ1v) is 6.42. The largest absolute Gasteiger partial charge is 0.378 e. The van der Waals surface area contributed by atoms with Crippen LogP contribution in [-0.4, -0.2) is 43.8 Å². The lowest BCUT2D eigenvalue weighted by Crippen LogP contribution is -2.39. The van der Waals surface area contributed by atoms with E-state index in [-0.39, 0.29) is 0 Å². The average molecular weight is 212 g/mol. The van der Waals surface area contributed by atoms with Crippen LogP contribution in [0, 0.1) is 5.92 Å². The third kappa shape index (κ3) is 3.44. The highest BCUT2D eigenvalue weighted by Gasteiger charge is 2.21. The summed E-state index contributed by atoms with van der Waals surface area (Å²) in [4.78, 5) is 2.57. The molecule has 0 radical (unpaired) electrons. The van der Waals surface area contributed by atoms with E-state index in [0.717, 1.165) is 19.1 Å². The Hall–Kier alpha value is -0.120. The predicted octanol–water partition coefficient (Wildman–Crippen LogP) is 1.23. The number of nitrogens with zero attached hydrogens (tertiary/aromatic N) is 1. The van der Waals surface area contributed by atoms with Crippen LogP contribution in [0.5, 0.6) is 0 Å². The van der Waals surface area contributed by atoms with E-state index in [1.807, 2.05) is 0 Å². The summed E-state index contributed by atoms with van der Waals surface area (Å²) in [5.74, 6) is 0.739. The minimum atomic E-state index is 0.545. The van der Waals surface area contributed by atoms with E-state index >= 15 is 0 Å². The van der Waals surface area contributed by atoms with Gasteiger partial charge in [-0.2, -0.15) is 0 Å². The average Bonchev–Trinajstić information content (AvgIpc) is 2.79. The summed E-state index contributed by atoms with van der Waals surface area (Å²) in [6.45, 7) is 5.53. The van der Waals surface area contributed by atoms with Gasteiger partial charge in [0.2, 0.25) is 0 Å². The zero-order chi connectivity index (χ0) is 10.5. The Morgan fingerprint density at radius 2 is 2.20 bits per heavy atom. The van der Waals surface area contributed by atoms with Gasteiger partial charge >= 0.3 is 0 Å². The summed E-state index contributed by atoms with van der Waals surface area (Å²) in [5, 5.41) is 0. The fraction of sp³-hybridized carbons (Fsp3) is 1.00. The molecule has 0 aromatic heterocycles. The molecule has 2 heterocycles. The molecule has 2 N–H and O–H groups in total. The van der Waals surface area contributed by atoms with E-state index in [2.05, 4.69) is 4.90 Å². The van der Waals surface area contributed by atoms with Gasteiger partial charge in [0, 0.05) is 19.7 Å². The van der Waals surface area contributed by atoms with Crippen LogP contribution in [-0.2, 0) is 4.74 Å². The van der Waals surface area contributed by atoms with Crippen molar-refractivity contribution in [3.05, 3.63) is 0 Å². The molecule has 0 aliphatic carbocycles. The van der Waals surface area contributed by atoms with Crippen molar-refractivity contribution in [3.63, 3.8) is 0 Å². The quantitative estimate of drug-likeness (QED) is 0.761. The van der Waals surface area contributed by atoms with Gasteiger partial charge in [0.15, 0.2) is 0 Å². The Labute approximate surface area is 93.0 Å². The lowest BCUT2D eigenvalue weighted by molar-refractivity contribution is 0.0837. The molecule has 0 bridgehead atoms. The molecule has 0 saturated carbocycles. The first-order valence-electron chi connectivity index (χ1n) is 6.42. The van der Waals surface area contributed by atoms with Gasteiger partial charge in [0.05, 0.1) is 6.10 Å². The van der Waals surface area contributed by atoms with Gasteiger partial charge in [0.25, 0.3) is 0 Å². The number of piperidine rings is 1. The number of hydrogen-bond donors (Lipinski definition) is 1. The molecule has 2 fully saturated rings. The molecule has 2 aliphatic heterocycles. The van der Waals surface area contributed by atoms with Crippen LogP contribution in [0.3, 0.4) is 0 Å². The van der Waals surface area contributed by atoms with Gasteiger partial charge < -0.3 is 15.4 Å². The maximum atomic E-state index is 5.73. The zero-order valence-corrected chi connectivity index (χ0v) is 9.66. The maximum Gasteiger partial charge on any atom is 0.0588 e. The molecular weight excluding hydrogens is 188 g/mol. The van der Waals surface area contributed by atoms with Crippen molar-refractivity contribution >= 4 is 0 Å². The van der Waals surface area contributed by atoms with Crippen LogP contribution in [0.25, 0.3) is 0 Å². The van der Waals surface area contributed by atoms with Crippen molar-refractivity contribution in [1.82, 2.24) is 4.90 Å². The molecule has 15 heavy (non-hydrogen) atoms. The highest BCUT2D eigenvalue weighted by Crippen LogP contribution is 2.19. The molecule has 0 amide bonds. The molecule has 2 aliphatic rings. The van der Waals surface area contributed by atoms with Gasteiger partial charge in [-0.15, -0.1) is 0 Å². The van der Waals surface area contributed by atoms with E-state index in [9.17, 15) is 0 Å². The number of likely N-dealkylation sites (tertiary alicyclic amines) is 1. The van der Waals surface area contributed by atoms with Gasteiger partial charge in [-0.05, 0) is 51.1 Å². The molecule has 3 nitrogen and oxygen atoms in total. The predicted molar refractivity (Wildman–Crippen MR) is 61.8 cm³/mol. The van der Waals surface area contributed by atoms with Gasteiger partial charge in [-0.1, -0.05) is 0 Å². The third-order valence-electron chi connectivity index (χ3n) is 3.73. The third-order valence-corrected chi connectivity index (χ3v) is 3.73. The van der Waals surface area contributed by atoms with Crippen molar-refractivity contribution in [2.24, 2.45) is 11.7 Å². The van der Waals surface area contributed by atoms with E-state index in [0.29, 0.717) is 6.10 Å². The number of hydrogen-bond acceptors (Lipinski definition) is 3. The molecule has 2 saturated heterocycles. The zero-order valence-electron chi connectivity index (χ0n) is 9.66. The van der Waals surface area contributed by atoms with E-state index in [4.69, 9.17) is 10.5 Å². The van der Waals surface area contributed by atoms with Gasteiger partial charge in [-0.25, -0.2) is 0 Å².